The molecule has 96 valence electrons. The molecule has 2 rings (SSSR count). The van der Waals surface area contributed by atoms with Gasteiger partial charge in [-0.15, -0.1) is 11.8 Å². The number of halogens is 1. The number of pyridine rings is 1. The average Bonchev–Trinajstić information content (AvgIpc) is 2.39. The summed E-state index contributed by atoms with van der Waals surface area (Å²) in [6.07, 6.45) is 3.30. The number of thioether (sulfide) groups is 1. The number of hydrogen-bond donors (Lipinski definition) is 0. The van der Waals surface area contributed by atoms with E-state index in [0.29, 0.717) is 17.1 Å². The number of nitrogens with zero attached hydrogens (tertiary/aromatic N) is 2. The van der Waals surface area contributed by atoms with Gasteiger partial charge < -0.3 is 4.74 Å². The van der Waals surface area contributed by atoms with Gasteiger partial charge in [0.1, 0.15) is 23.1 Å². The molecule has 0 aliphatic heterocycles. The van der Waals surface area contributed by atoms with Crippen molar-refractivity contribution in [2.75, 3.05) is 5.75 Å². The summed E-state index contributed by atoms with van der Waals surface area (Å²) in [7, 11) is 0. The molecule has 3 nitrogen and oxygen atoms in total. The third-order valence-corrected chi connectivity index (χ3v) is 3.68. The van der Waals surface area contributed by atoms with Crippen LogP contribution in [0.25, 0.3) is 0 Å². The first kappa shape index (κ1) is 13.9. The fourth-order valence-corrected chi connectivity index (χ4v) is 2.68. The number of rotatable bonds is 4. The van der Waals surface area contributed by atoms with Gasteiger partial charge in [-0.05, 0) is 39.9 Å². The molecule has 0 amide bonds. The lowest BCUT2D eigenvalue weighted by Crippen LogP contribution is -1.91. The SMILES string of the molecule is CCSc1cccc(Oc2cncc(Br)c2)c1C#N. The molecule has 0 unspecified atom stereocenters. The second-order valence-electron chi connectivity index (χ2n) is 3.62. The van der Waals surface area contributed by atoms with E-state index in [1.807, 2.05) is 18.2 Å². The molecule has 1 aromatic heterocycles. The molecule has 5 heteroatoms. The van der Waals surface area contributed by atoms with Crippen molar-refractivity contribution in [3.8, 4) is 17.6 Å². The molecule has 0 N–H and O–H groups in total. The molecule has 0 radical (unpaired) electrons. The second-order valence-corrected chi connectivity index (χ2v) is 5.84. The zero-order valence-electron chi connectivity index (χ0n) is 10.3. The summed E-state index contributed by atoms with van der Waals surface area (Å²) in [5.41, 5.74) is 0.564. The first-order valence-electron chi connectivity index (χ1n) is 5.69. The number of ether oxygens (including phenoxy) is 1. The van der Waals surface area contributed by atoms with Crippen LogP contribution < -0.4 is 4.74 Å². The zero-order chi connectivity index (χ0) is 13.7. The van der Waals surface area contributed by atoms with Gasteiger partial charge in [-0.1, -0.05) is 13.0 Å². The Morgan fingerprint density at radius 2 is 2.26 bits per heavy atom. The number of hydrogen-bond acceptors (Lipinski definition) is 4. The highest BCUT2D eigenvalue weighted by Gasteiger charge is 2.10. The van der Waals surface area contributed by atoms with Gasteiger partial charge in [-0.25, -0.2) is 0 Å². The van der Waals surface area contributed by atoms with Gasteiger partial charge in [-0.2, -0.15) is 5.26 Å². The van der Waals surface area contributed by atoms with E-state index >= 15 is 0 Å². The minimum absolute atomic E-state index is 0.556. The Hall–Kier alpha value is -1.51. The molecule has 0 bridgehead atoms. The Labute approximate surface area is 124 Å². The fourth-order valence-electron chi connectivity index (χ4n) is 1.56. The standard InChI is InChI=1S/C14H11BrN2OS/c1-2-19-14-5-3-4-13(12(14)7-16)18-11-6-10(15)8-17-9-11/h3-6,8-9H,2H2,1H3. The van der Waals surface area contributed by atoms with E-state index in [2.05, 4.69) is 33.9 Å². The van der Waals surface area contributed by atoms with E-state index in [-0.39, 0.29) is 0 Å². The van der Waals surface area contributed by atoms with Gasteiger partial charge in [0, 0.05) is 15.6 Å². The van der Waals surface area contributed by atoms with Gasteiger partial charge in [0.2, 0.25) is 0 Å². The summed E-state index contributed by atoms with van der Waals surface area (Å²) in [4.78, 5) is 4.97. The Balaban J connectivity index is 2.35. The first-order valence-corrected chi connectivity index (χ1v) is 7.46. The summed E-state index contributed by atoms with van der Waals surface area (Å²) < 4.78 is 6.58. The molecule has 19 heavy (non-hydrogen) atoms. The Kier molecular flexibility index (Phi) is 4.83. The summed E-state index contributed by atoms with van der Waals surface area (Å²) >= 11 is 4.97. The molecule has 0 aliphatic rings. The molecule has 2 aromatic rings. The monoisotopic (exact) mass is 334 g/mol. The van der Waals surface area contributed by atoms with Crippen molar-refractivity contribution in [1.29, 1.82) is 5.26 Å². The lowest BCUT2D eigenvalue weighted by atomic mass is 10.2. The summed E-state index contributed by atoms with van der Waals surface area (Å²) in [5.74, 6) is 2.07. The molecule has 0 atom stereocenters. The van der Waals surface area contributed by atoms with Crippen molar-refractivity contribution < 1.29 is 4.74 Å². The van der Waals surface area contributed by atoms with Gasteiger partial charge >= 0.3 is 0 Å². The van der Waals surface area contributed by atoms with Gasteiger partial charge in [0.05, 0.1) is 6.20 Å². The molecular weight excluding hydrogens is 324 g/mol. The number of nitriles is 1. The minimum atomic E-state index is 0.556. The van der Waals surface area contributed by atoms with Gasteiger partial charge in [0.25, 0.3) is 0 Å². The molecule has 1 aromatic carbocycles. The van der Waals surface area contributed by atoms with Gasteiger partial charge in [0.15, 0.2) is 0 Å². The molecular formula is C14H11BrN2OS. The van der Waals surface area contributed by atoms with Crippen LogP contribution in [0.2, 0.25) is 0 Å². The minimum Gasteiger partial charge on any atom is -0.454 e. The van der Waals surface area contributed by atoms with Crippen LogP contribution in [0.4, 0.5) is 0 Å². The number of aromatic nitrogens is 1. The predicted molar refractivity (Wildman–Crippen MR) is 79.6 cm³/mol. The molecule has 0 fully saturated rings. The third kappa shape index (κ3) is 3.49. The van der Waals surface area contributed by atoms with Crippen LogP contribution in [0, 0.1) is 11.3 Å². The lowest BCUT2D eigenvalue weighted by Gasteiger charge is -2.10. The second kappa shape index (κ2) is 6.60. The smallest absolute Gasteiger partial charge is 0.146 e. The summed E-state index contributed by atoms with van der Waals surface area (Å²) in [6.45, 7) is 2.05. The number of benzene rings is 1. The summed E-state index contributed by atoms with van der Waals surface area (Å²) in [5, 5.41) is 9.29. The topological polar surface area (TPSA) is 45.9 Å². The largest absolute Gasteiger partial charge is 0.454 e. The van der Waals surface area contributed by atoms with E-state index in [4.69, 9.17) is 4.74 Å². The highest BCUT2D eigenvalue weighted by atomic mass is 79.9. The Morgan fingerprint density at radius 1 is 1.42 bits per heavy atom. The Bertz CT molecular complexity index is 625. The maximum Gasteiger partial charge on any atom is 0.146 e. The van der Waals surface area contributed by atoms with Crippen molar-refractivity contribution >= 4 is 27.7 Å². The zero-order valence-corrected chi connectivity index (χ0v) is 12.7. The normalized spacial score (nSPS) is 9.95. The van der Waals surface area contributed by atoms with E-state index in [1.54, 1.807) is 30.2 Å². The van der Waals surface area contributed by atoms with E-state index in [9.17, 15) is 5.26 Å². The predicted octanol–water partition coefficient (Wildman–Crippen LogP) is 4.62. The van der Waals surface area contributed by atoms with Crippen LogP contribution >= 0.6 is 27.7 Å². The fraction of sp³-hybridized carbons (Fsp3) is 0.143. The molecule has 0 spiro atoms. The average molecular weight is 335 g/mol. The molecule has 0 saturated carbocycles. The van der Waals surface area contributed by atoms with Crippen LogP contribution in [-0.4, -0.2) is 10.7 Å². The highest BCUT2D eigenvalue weighted by Crippen LogP contribution is 2.32. The Morgan fingerprint density at radius 3 is 2.95 bits per heavy atom. The highest BCUT2D eigenvalue weighted by molar-refractivity contribution is 9.10. The summed E-state index contributed by atoms with van der Waals surface area (Å²) in [6, 6.07) is 9.63. The van der Waals surface area contributed by atoms with E-state index in [0.717, 1.165) is 15.1 Å². The first-order chi connectivity index (χ1) is 9.24. The van der Waals surface area contributed by atoms with Crippen LogP contribution in [0.15, 0.2) is 46.0 Å². The van der Waals surface area contributed by atoms with E-state index < -0.39 is 0 Å². The van der Waals surface area contributed by atoms with Crippen molar-refractivity contribution in [2.45, 2.75) is 11.8 Å². The van der Waals surface area contributed by atoms with Crippen LogP contribution in [-0.2, 0) is 0 Å². The van der Waals surface area contributed by atoms with Crippen molar-refractivity contribution in [3.63, 3.8) is 0 Å². The lowest BCUT2D eigenvalue weighted by molar-refractivity contribution is 0.477. The van der Waals surface area contributed by atoms with Crippen LogP contribution in [0.3, 0.4) is 0 Å². The molecule has 0 saturated heterocycles. The van der Waals surface area contributed by atoms with Crippen LogP contribution in [0.5, 0.6) is 11.5 Å². The molecule has 0 aliphatic carbocycles. The van der Waals surface area contributed by atoms with Crippen molar-refractivity contribution in [1.82, 2.24) is 4.98 Å². The molecule has 1 heterocycles. The van der Waals surface area contributed by atoms with Gasteiger partial charge in [-0.3, -0.25) is 4.98 Å². The van der Waals surface area contributed by atoms with E-state index in [1.165, 1.54) is 0 Å². The maximum absolute atomic E-state index is 9.29. The quantitative estimate of drug-likeness (QED) is 0.765. The van der Waals surface area contributed by atoms with Crippen molar-refractivity contribution in [2.24, 2.45) is 0 Å². The van der Waals surface area contributed by atoms with Crippen molar-refractivity contribution in [3.05, 3.63) is 46.7 Å². The third-order valence-electron chi connectivity index (χ3n) is 2.31. The van der Waals surface area contributed by atoms with Crippen LogP contribution in [0.1, 0.15) is 12.5 Å². The maximum atomic E-state index is 9.29.